The van der Waals surface area contributed by atoms with Gasteiger partial charge in [0.1, 0.15) is 5.78 Å². The van der Waals surface area contributed by atoms with Gasteiger partial charge in [-0.05, 0) is 86.9 Å². The van der Waals surface area contributed by atoms with Gasteiger partial charge in [0.15, 0.2) is 8.32 Å². The number of ether oxygens (including phenoxy) is 1. The van der Waals surface area contributed by atoms with Crippen molar-refractivity contribution in [3.63, 3.8) is 0 Å². The second-order valence-electron chi connectivity index (χ2n) is 13.8. The molecule has 2 fully saturated rings. The van der Waals surface area contributed by atoms with E-state index in [0.717, 1.165) is 44.9 Å². The molecule has 3 rings (SSSR count). The van der Waals surface area contributed by atoms with Crippen LogP contribution in [0.3, 0.4) is 0 Å². The normalized spacial score (nSPS) is 32.7. The number of Topliss-reactive ketones (excluding diaryl/α,β-unsaturated/α-hetero) is 1. The van der Waals surface area contributed by atoms with E-state index in [1.807, 2.05) is 18.2 Å². The molecule has 2 saturated carbocycles. The molecule has 0 saturated heterocycles. The summed E-state index contributed by atoms with van der Waals surface area (Å²) in [7, 11) is -1.69. The summed E-state index contributed by atoms with van der Waals surface area (Å²) in [6.45, 7) is 24.8. The zero-order chi connectivity index (χ0) is 27.5. The first-order valence-electron chi connectivity index (χ1n) is 14.4. The van der Waals surface area contributed by atoms with E-state index in [1.54, 1.807) is 0 Å². The molecule has 0 radical (unpaired) electrons. The zero-order valence-corrected chi connectivity index (χ0v) is 25.6. The van der Waals surface area contributed by atoms with Crippen molar-refractivity contribution >= 4 is 14.1 Å². The van der Waals surface area contributed by atoms with Crippen molar-refractivity contribution in [3.8, 4) is 0 Å². The van der Waals surface area contributed by atoms with Crippen molar-refractivity contribution in [2.45, 2.75) is 111 Å². The van der Waals surface area contributed by atoms with Gasteiger partial charge in [0.25, 0.3) is 0 Å². The number of carbonyl (C=O) groups excluding carboxylic acids is 1. The van der Waals surface area contributed by atoms with Crippen LogP contribution in [0.5, 0.6) is 0 Å². The van der Waals surface area contributed by atoms with Crippen LogP contribution in [0.4, 0.5) is 0 Å². The standard InChI is InChI=1S/C33H52O3Si/c1-10-15-27-30(34)32(5,21-18-26(11-2)36-37(7,8)9)22-19-28-31(3,4)29(20-23-33(27,28)6)35-24-25-16-13-12-14-17-25/h10-14,16-17,26-29H,1-2,15,18-24H2,3-9H3/t26-,27-,28+,29-,32+,33?/m1/s1. The quantitative estimate of drug-likeness (QED) is 0.214. The van der Waals surface area contributed by atoms with Crippen LogP contribution in [0.25, 0.3) is 0 Å². The van der Waals surface area contributed by atoms with Crippen LogP contribution >= 0.6 is 0 Å². The van der Waals surface area contributed by atoms with Crippen LogP contribution in [-0.4, -0.2) is 26.3 Å². The Balaban J connectivity index is 1.84. The van der Waals surface area contributed by atoms with E-state index >= 15 is 0 Å². The Kier molecular flexibility index (Phi) is 9.52. The van der Waals surface area contributed by atoms with E-state index in [-0.39, 0.29) is 34.4 Å². The summed E-state index contributed by atoms with van der Waals surface area (Å²) >= 11 is 0. The van der Waals surface area contributed by atoms with Crippen molar-refractivity contribution in [2.75, 3.05) is 0 Å². The number of hydrogen-bond donors (Lipinski definition) is 0. The van der Waals surface area contributed by atoms with Crippen LogP contribution in [0.15, 0.2) is 55.6 Å². The van der Waals surface area contributed by atoms with E-state index in [1.165, 1.54) is 5.56 Å². The highest BCUT2D eigenvalue weighted by atomic mass is 28.4. The number of fused-ring (bicyclic) bond motifs is 1. The maximum absolute atomic E-state index is 14.4. The highest BCUT2D eigenvalue weighted by molar-refractivity contribution is 6.69. The zero-order valence-electron chi connectivity index (χ0n) is 24.6. The first-order chi connectivity index (χ1) is 17.3. The number of carbonyl (C=O) groups is 1. The molecule has 0 aliphatic heterocycles. The van der Waals surface area contributed by atoms with Gasteiger partial charge in [-0.2, -0.15) is 0 Å². The Labute approximate surface area is 228 Å². The monoisotopic (exact) mass is 524 g/mol. The summed E-state index contributed by atoms with van der Waals surface area (Å²) in [5, 5.41) is 0. The molecular formula is C33H52O3Si. The third-order valence-corrected chi connectivity index (χ3v) is 10.6. The van der Waals surface area contributed by atoms with E-state index < -0.39 is 8.32 Å². The third-order valence-electron chi connectivity index (χ3n) is 9.61. The number of allylic oxidation sites excluding steroid dienone is 1. The largest absolute Gasteiger partial charge is 0.411 e. The maximum Gasteiger partial charge on any atom is 0.184 e. The Morgan fingerprint density at radius 1 is 1.05 bits per heavy atom. The minimum atomic E-state index is -1.69. The maximum atomic E-state index is 14.4. The van der Waals surface area contributed by atoms with Crippen LogP contribution in [0.1, 0.15) is 78.2 Å². The molecule has 0 aromatic heterocycles. The summed E-state index contributed by atoms with van der Waals surface area (Å²) < 4.78 is 13.0. The number of ketones is 1. The predicted octanol–water partition coefficient (Wildman–Crippen LogP) is 8.76. The molecule has 2 aliphatic rings. The van der Waals surface area contributed by atoms with Gasteiger partial charge in [0, 0.05) is 11.3 Å². The van der Waals surface area contributed by atoms with Gasteiger partial charge in [-0.25, -0.2) is 0 Å². The van der Waals surface area contributed by atoms with Gasteiger partial charge < -0.3 is 9.16 Å². The summed E-state index contributed by atoms with van der Waals surface area (Å²) in [5.74, 6) is 0.850. The van der Waals surface area contributed by atoms with E-state index in [0.29, 0.717) is 18.3 Å². The molecule has 0 spiro atoms. The van der Waals surface area contributed by atoms with Gasteiger partial charge >= 0.3 is 0 Å². The second-order valence-corrected chi connectivity index (χ2v) is 18.2. The summed E-state index contributed by atoms with van der Waals surface area (Å²) in [6, 6.07) is 10.5. The highest BCUT2D eigenvalue weighted by Crippen LogP contribution is 2.62. The number of benzene rings is 1. The minimum absolute atomic E-state index is 0.00283. The fourth-order valence-electron chi connectivity index (χ4n) is 7.49. The van der Waals surface area contributed by atoms with Crippen LogP contribution in [-0.2, 0) is 20.6 Å². The topological polar surface area (TPSA) is 35.5 Å². The molecule has 0 heterocycles. The van der Waals surface area contributed by atoms with Crippen molar-refractivity contribution < 1.29 is 14.0 Å². The van der Waals surface area contributed by atoms with Crippen molar-refractivity contribution in [2.24, 2.45) is 28.1 Å². The number of rotatable bonds is 11. The van der Waals surface area contributed by atoms with Gasteiger partial charge in [-0.3, -0.25) is 4.79 Å². The smallest absolute Gasteiger partial charge is 0.184 e. The molecule has 6 atom stereocenters. The predicted molar refractivity (Wildman–Crippen MR) is 158 cm³/mol. The minimum Gasteiger partial charge on any atom is -0.411 e. The van der Waals surface area contributed by atoms with Crippen LogP contribution < -0.4 is 0 Å². The van der Waals surface area contributed by atoms with Gasteiger partial charge in [0.05, 0.1) is 18.8 Å². The Morgan fingerprint density at radius 3 is 2.32 bits per heavy atom. The number of hydrogen-bond acceptors (Lipinski definition) is 3. The highest BCUT2D eigenvalue weighted by Gasteiger charge is 2.59. The van der Waals surface area contributed by atoms with Crippen molar-refractivity contribution in [1.29, 1.82) is 0 Å². The van der Waals surface area contributed by atoms with Gasteiger partial charge in [0.2, 0.25) is 0 Å². The Hall–Kier alpha value is -1.49. The van der Waals surface area contributed by atoms with E-state index in [2.05, 4.69) is 84.8 Å². The lowest BCUT2D eigenvalue weighted by Gasteiger charge is -2.56. The summed E-state index contributed by atoms with van der Waals surface area (Å²) in [6.07, 6.45) is 10.6. The van der Waals surface area contributed by atoms with Crippen molar-refractivity contribution in [3.05, 3.63) is 61.2 Å². The first kappa shape index (κ1) is 30.1. The lowest BCUT2D eigenvalue weighted by atomic mass is 9.50. The molecule has 0 bridgehead atoms. The van der Waals surface area contributed by atoms with Gasteiger partial charge in [-0.15, -0.1) is 13.2 Å². The SMILES string of the molecule is C=CC[C@@H]1C(=O)[C@@](C)(CC[C@@H](C=C)O[Si](C)(C)C)CC[C@H]2C(C)(C)[C@H](OCc3ccccc3)CCC12C. The molecule has 206 valence electrons. The second kappa shape index (κ2) is 11.7. The molecule has 1 unspecified atom stereocenters. The van der Waals surface area contributed by atoms with Crippen LogP contribution in [0, 0.1) is 28.1 Å². The lowest BCUT2D eigenvalue weighted by molar-refractivity contribution is -0.155. The average molecular weight is 525 g/mol. The average Bonchev–Trinajstić information content (AvgIpc) is 2.91. The molecule has 37 heavy (non-hydrogen) atoms. The molecule has 1 aromatic rings. The molecular weight excluding hydrogens is 472 g/mol. The fourth-order valence-corrected chi connectivity index (χ4v) is 8.61. The Bertz CT molecular complexity index is 933. The Morgan fingerprint density at radius 2 is 1.73 bits per heavy atom. The van der Waals surface area contributed by atoms with Crippen molar-refractivity contribution in [1.82, 2.24) is 0 Å². The third kappa shape index (κ3) is 6.75. The first-order valence-corrected chi connectivity index (χ1v) is 17.8. The van der Waals surface area contributed by atoms with E-state index in [4.69, 9.17) is 9.16 Å². The lowest BCUT2D eigenvalue weighted by Crippen LogP contribution is -2.54. The molecule has 0 N–H and O–H groups in total. The molecule has 0 amide bonds. The fraction of sp³-hybridized carbons (Fsp3) is 0.667. The molecule has 4 heteroatoms. The summed E-state index contributed by atoms with van der Waals surface area (Å²) in [4.78, 5) is 14.4. The van der Waals surface area contributed by atoms with Gasteiger partial charge in [-0.1, -0.05) is 70.2 Å². The summed E-state index contributed by atoms with van der Waals surface area (Å²) in [5.41, 5.74) is 0.801. The molecule has 1 aromatic carbocycles. The van der Waals surface area contributed by atoms with Crippen LogP contribution in [0.2, 0.25) is 19.6 Å². The molecule has 2 aliphatic carbocycles. The van der Waals surface area contributed by atoms with E-state index in [9.17, 15) is 4.79 Å². The molecule has 3 nitrogen and oxygen atoms in total.